The summed E-state index contributed by atoms with van der Waals surface area (Å²) in [6.07, 6.45) is 3.43. The molecule has 1 fully saturated rings. The number of hydroxylamine groups is 2. The Morgan fingerprint density at radius 3 is 2.38 bits per heavy atom. The minimum atomic E-state index is -0.843. The normalized spacial score (nSPS) is 24.9. The van der Waals surface area contributed by atoms with Crippen molar-refractivity contribution in [1.29, 1.82) is 5.41 Å². The Hall–Kier alpha value is -3.75. The van der Waals surface area contributed by atoms with Crippen molar-refractivity contribution in [2.75, 3.05) is 0 Å². The first-order chi connectivity index (χ1) is 17.7. The summed E-state index contributed by atoms with van der Waals surface area (Å²) >= 11 is 0. The lowest BCUT2D eigenvalue weighted by atomic mass is 9.91. The molecule has 0 saturated heterocycles. The molecule has 1 aliphatic heterocycles. The minimum Gasteiger partial charge on any atom is -0.627 e. The highest BCUT2D eigenvalue weighted by Gasteiger charge is 2.46. The molecule has 3 aromatic rings. The van der Waals surface area contributed by atoms with Gasteiger partial charge in [-0.2, -0.15) is 0 Å². The maximum atomic E-state index is 14.8. The first kappa shape index (κ1) is 24.9. The molecule has 8 heteroatoms. The monoisotopic (exact) mass is 499 g/mol. The lowest BCUT2D eigenvalue weighted by molar-refractivity contribution is -0.126. The third-order valence-corrected chi connectivity index (χ3v) is 7.79. The first-order valence-electron chi connectivity index (χ1n) is 12.9. The number of carbonyl (C=O) groups is 2. The van der Waals surface area contributed by atoms with Gasteiger partial charge in [0.25, 0.3) is 5.91 Å². The lowest BCUT2D eigenvalue weighted by Gasteiger charge is -2.44. The Labute approximate surface area is 216 Å². The van der Waals surface area contributed by atoms with Gasteiger partial charge in [-0.3, -0.25) is 15.0 Å². The molecule has 1 heterocycles. The highest BCUT2D eigenvalue weighted by molar-refractivity contribution is 5.97. The van der Waals surface area contributed by atoms with E-state index in [1.54, 1.807) is 12.1 Å². The third-order valence-electron chi connectivity index (χ3n) is 7.79. The van der Waals surface area contributed by atoms with E-state index in [2.05, 4.69) is 10.6 Å². The molecule has 0 spiro atoms. The number of nitrogens with two attached hydrogens (primary N) is 1. The summed E-state index contributed by atoms with van der Waals surface area (Å²) in [4.78, 5) is 25.0. The van der Waals surface area contributed by atoms with E-state index in [1.807, 2.05) is 48.5 Å². The molecule has 8 nitrogen and oxygen atoms in total. The van der Waals surface area contributed by atoms with Gasteiger partial charge in [0.2, 0.25) is 5.91 Å². The SMILES string of the molecule is CC(=O)NC1CCC(NC(=O)C2Cc3ccc(C(=N)N)cc3[N+]2([O-])Cc2cccc3ccccc23)CC1. The summed E-state index contributed by atoms with van der Waals surface area (Å²) in [5.41, 5.74) is 8.42. The van der Waals surface area contributed by atoms with Crippen LogP contribution in [-0.4, -0.2) is 35.8 Å². The smallest absolute Gasteiger partial charge is 0.279 e. The van der Waals surface area contributed by atoms with E-state index in [0.29, 0.717) is 17.7 Å². The van der Waals surface area contributed by atoms with Crippen molar-refractivity contribution in [3.63, 3.8) is 0 Å². The second-order valence-corrected chi connectivity index (χ2v) is 10.3. The molecule has 5 rings (SSSR count). The zero-order valence-corrected chi connectivity index (χ0v) is 21.0. The predicted molar refractivity (Wildman–Crippen MR) is 146 cm³/mol. The fourth-order valence-electron chi connectivity index (χ4n) is 5.91. The molecule has 2 unspecified atom stereocenters. The number of carbonyl (C=O) groups excluding carboxylic acids is 2. The predicted octanol–water partition coefficient (Wildman–Crippen LogP) is 3.62. The third kappa shape index (κ3) is 4.95. The average Bonchev–Trinajstić information content (AvgIpc) is 3.17. The molecule has 1 saturated carbocycles. The standard InChI is InChI=1S/C29H33N5O3/c1-18(35)32-23-11-13-24(14-12-23)33-29(36)27-15-20-9-10-21(28(30)31)16-26(20)34(27,37)17-22-7-4-6-19-5-2-3-8-25(19)22/h2-10,16,23-24,27H,11-15,17H2,1H3,(H3,30,31)(H,32,35)(H,33,36). The van der Waals surface area contributed by atoms with E-state index >= 15 is 0 Å². The molecule has 2 atom stereocenters. The first-order valence-corrected chi connectivity index (χ1v) is 12.9. The van der Waals surface area contributed by atoms with Gasteiger partial charge in [0.05, 0.1) is 0 Å². The minimum absolute atomic E-state index is 0.0278. The van der Waals surface area contributed by atoms with E-state index < -0.39 is 10.7 Å². The van der Waals surface area contributed by atoms with Crippen LogP contribution in [0.4, 0.5) is 5.69 Å². The number of hydrogen-bond acceptors (Lipinski definition) is 4. The van der Waals surface area contributed by atoms with Gasteiger partial charge in [0.15, 0.2) is 6.04 Å². The van der Waals surface area contributed by atoms with Gasteiger partial charge in [-0.25, -0.2) is 0 Å². The lowest BCUT2D eigenvalue weighted by Crippen LogP contribution is -2.58. The largest absolute Gasteiger partial charge is 0.627 e. The molecular formula is C29H33N5O3. The van der Waals surface area contributed by atoms with Crippen LogP contribution >= 0.6 is 0 Å². The number of nitrogen functional groups attached to an aromatic ring is 1. The van der Waals surface area contributed by atoms with E-state index in [0.717, 1.165) is 47.6 Å². The second kappa shape index (κ2) is 9.95. The Bertz CT molecular complexity index is 1360. The summed E-state index contributed by atoms with van der Waals surface area (Å²) in [5, 5.41) is 30.8. The van der Waals surface area contributed by atoms with Crippen LogP contribution in [-0.2, 0) is 22.6 Å². The molecular weight excluding hydrogens is 466 g/mol. The maximum Gasteiger partial charge on any atom is 0.279 e. The number of amidine groups is 1. The van der Waals surface area contributed by atoms with Crippen LogP contribution in [0, 0.1) is 10.6 Å². The van der Waals surface area contributed by atoms with Crippen LogP contribution in [0.15, 0.2) is 60.7 Å². The zero-order chi connectivity index (χ0) is 26.2. The number of rotatable bonds is 6. The van der Waals surface area contributed by atoms with Gasteiger partial charge in [0.1, 0.15) is 18.1 Å². The average molecular weight is 500 g/mol. The van der Waals surface area contributed by atoms with Crippen molar-refractivity contribution in [3.05, 3.63) is 82.6 Å². The van der Waals surface area contributed by atoms with E-state index in [-0.39, 0.29) is 36.3 Å². The summed E-state index contributed by atoms with van der Waals surface area (Å²) in [7, 11) is 0. The Morgan fingerprint density at radius 2 is 1.68 bits per heavy atom. The molecule has 2 aliphatic rings. The van der Waals surface area contributed by atoms with Crippen LogP contribution in [0.1, 0.15) is 49.3 Å². The summed E-state index contributed by atoms with van der Waals surface area (Å²) < 4.78 is -0.822. The van der Waals surface area contributed by atoms with E-state index in [1.165, 1.54) is 6.92 Å². The highest BCUT2D eigenvalue weighted by Crippen LogP contribution is 2.41. The molecule has 1 aliphatic carbocycles. The fourth-order valence-corrected chi connectivity index (χ4v) is 5.91. The molecule has 0 radical (unpaired) electrons. The van der Waals surface area contributed by atoms with Crippen molar-refractivity contribution < 1.29 is 9.59 Å². The number of quaternary nitrogens is 1. The number of nitrogens with one attached hydrogen (secondary N) is 3. The van der Waals surface area contributed by atoms with Crippen LogP contribution in [0.3, 0.4) is 0 Å². The quantitative estimate of drug-likeness (QED) is 0.179. The summed E-state index contributed by atoms with van der Waals surface area (Å²) in [6, 6.07) is 18.4. The van der Waals surface area contributed by atoms with Crippen molar-refractivity contribution in [1.82, 2.24) is 15.3 Å². The Balaban J connectivity index is 1.44. The molecule has 37 heavy (non-hydrogen) atoms. The summed E-state index contributed by atoms with van der Waals surface area (Å²) in [6.45, 7) is 1.62. The highest BCUT2D eigenvalue weighted by atomic mass is 16.6. The molecule has 0 bridgehead atoms. The Kier molecular flexibility index (Phi) is 6.70. The van der Waals surface area contributed by atoms with E-state index in [9.17, 15) is 14.8 Å². The Morgan fingerprint density at radius 1 is 1.00 bits per heavy atom. The second-order valence-electron chi connectivity index (χ2n) is 10.3. The number of hydrogen-bond donors (Lipinski definition) is 4. The summed E-state index contributed by atoms with van der Waals surface area (Å²) in [5.74, 6) is -0.398. The van der Waals surface area contributed by atoms with Crippen LogP contribution in [0.2, 0.25) is 0 Å². The number of fused-ring (bicyclic) bond motifs is 2. The molecule has 2 amide bonds. The van der Waals surface area contributed by atoms with Gasteiger partial charge in [-0.1, -0.05) is 54.6 Å². The van der Waals surface area contributed by atoms with Crippen molar-refractivity contribution in [3.8, 4) is 0 Å². The van der Waals surface area contributed by atoms with Crippen molar-refractivity contribution >= 4 is 34.1 Å². The van der Waals surface area contributed by atoms with E-state index in [4.69, 9.17) is 11.1 Å². The number of amides is 2. The van der Waals surface area contributed by atoms with Crippen LogP contribution < -0.4 is 21.0 Å². The maximum absolute atomic E-state index is 14.8. The molecule has 192 valence electrons. The van der Waals surface area contributed by atoms with Gasteiger partial charge in [0, 0.05) is 48.2 Å². The van der Waals surface area contributed by atoms with Gasteiger partial charge in [-0.05, 0) is 36.5 Å². The molecule has 3 aromatic carbocycles. The topological polar surface area (TPSA) is 131 Å². The van der Waals surface area contributed by atoms with Gasteiger partial charge >= 0.3 is 0 Å². The van der Waals surface area contributed by atoms with Crippen LogP contribution in [0.5, 0.6) is 0 Å². The number of nitrogens with zero attached hydrogens (tertiary/aromatic N) is 1. The molecule has 0 aromatic heterocycles. The number of benzene rings is 3. The van der Waals surface area contributed by atoms with Crippen LogP contribution in [0.25, 0.3) is 10.8 Å². The van der Waals surface area contributed by atoms with Gasteiger partial charge in [-0.15, -0.1) is 0 Å². The zero-order valence-electron chi connectivity index (χ0n) is 21.0. The van der Waals surface area contributed by atoms with Gasteiger partial charge < -0.3 is 26.2 Å². The van der Waals surface area contributed by atoms with Crippen molar-refractivity contribution in [2.45, 2.75) is 63.7 Å². The fraction of sp³-hybridized carbons (Fsp3) is 0.345. The molecule has 5 N–H and O–H groups in total. The van der Waals surface area contributed by atoms with Crippen molar-refractivity contribution in [2.24, 2.45) is 5.73 Å².